The van der Waals surface area contributed by atoms with Gasteiger partial charge >= 0.3 is 0 Å². The fourth-order valence-corrected chi connectivity index (χ4v) is 1.48. The van der Waals surface area contributed by atoms with E-state index in [1.165, 1.54) is 0 Å². The van der Waals surface area contributed by atoms with Crippen molar-refractivity contribution in [1.82, 2.24) is 4.98 Å². The number of nitrogens with zero attached hydrogens (tertiary/aromatic N) is 2. The number of benzene rings is 1. The number of hydrogen-bond acceptors (Lipinski definition) is 3. The number of nitrogens with two attached hydrogens (primary N) is 1. The summed E-state index contributed by atoms with van der Waals surface area (Å²) in [5.74, 6) is 5.16. The quantitative estimate of drug-likeness (QED) is 0.455. The monoisotopic (exact) mass is 197 g/mol. The van der Waals surface area contributed by atoms with Gasteiger partial charge in [0.1, 0.15) is 0 Å². The highest BCUT2D eigenvalue weighted by molar-refractivity contribution is 5.90. The van der Waals surface area contributed by atoms with Crippen molar-refractivity contribution in [3.63, 3.8) is 0 Å². The molecule has 0 radical (unpaired) electrons. The van der Waals surface area contributed by atoms with Crippen LogP contribution in [0.4, 0.5) is 0 Å². The lowest BCUT2D eigenvalue weighted by Crippen LogP contribution is -1.90. The van der Waals surface area contributed by atoms with Gasteiger partial charge < -0.3 is 5.84 Å². The molecule has 3 nitrogen and oxygen atoms in total. The first-order chi connectivity index (χ1) is 7.42. The Kier molecular flexibility index (Phi) is 2.74. The SMILES string of the molecule is N/N=C\c1ccccc1-c1ccncc1. The molecule has 74 valence electrons. The molecule has 1 heterocycles. The molecule has 0 saturated carbocycles. The molecule has 2 N–H and O–H groups in total. The predicted molar refractivity (Wildman–Crippen MR) is 61.5 cm³/mol. The molecule has 15 heavy (non-hydrogen) atoms. The summed E-state index contributed by atoms with van der Waals surface area (Å²) in [5, 5.41) is 3.55. The van der Waals surface area contributed by atoms with Gasteiger partial charge in [-0.15, -0.1) is 0 Å². The van der Waals surface area contributed by atoms with Gasteiger partial charge in [-0.05, 0) is 23.3 Å². The van der Waals surface area contributed by atoms with Crippen molar-refractivity contribution >= 4 is 6.21 Å². The molecular weight excluding hydrogens is 186 g/mol. The van der Waals surface area contributed by atoms with Crippen molar-refractivity contribution < 1.29 is 0 Å². The van der Waals surface area contributed by atoms with E-state index in [1.807, 2.05) is 36.4 Å². The van der Waals surface area contributed by atoms with E-state index >= 15 is 0 Å². The van der Waals surface area contributed by atoms with Crippen LogP contribution in [0.3, 0.4) is 0 Å². The molecule has 3 heteroatoms. The average molecular weight is 197 g/mol. The Morgan fingerprint density at radius 2 is 1.80 bits per heavy atom. The molecule has 0 atom stereocenters. The van der Waals surface area contributed by atoms with Crippen molar-refractivity contribution in [3.8, 4) is 11.1 Å². The zero-order valence-corrected chi connectivity index (χ0v) is 8.17. The van der Waals surface area contributed by atoms with Crippen LogP contribution < -0.4 is 5.84 Å². The number of hydrazone groups is 1. The third-order valence-corrected chi connectivity index (χ3v) is 2.17. The largest absolute Gasteiger partial charge is 0.323 e. The molecule has 0 saturated heterocycles. The summed E-state index contributed by atoms with van der Waals surface area (Å²) in [4.78, 5) is 3.99. The highest BCUT2D eigenvalue weighted by atomic mass is 15.1. The van der Waals surface area contributed by atoms with Crippen LogP contribution in [0.15, 0.2) is 53.9 Å². The smallest absolute Gasteiger partial charge is 0.0544 e. The highest BCUT2D eigenvalue weighted by Crippen LogP contribution is 2.21. The van der Waals surface area contributed by atoms with Crippen LogP contribution in [0.1, 0.15) is 5.56 Å². The fraction of sp³-hybridized carbons (Fsp3) is 0. The number of aromatic nitrogens is 1. The first kappa shape index (κ1) is 9.40. The first-order valence-corrected chi connectivity index (χ1v) is 4.64. The van der Waals surface area contributed by atoms with Gasteiger partial charge in [0.2, 0.25) is 0 Å². The minimum atomic E-state index is 1.01. The van der Waals surface area contributed by atoms with Crippen molar-refractivity contribution in [2.75, 3.05) is 0 Å². The highest BCUT2D eigenvalue weighted by Gasteiger charge is 2.01. The maximum absolute atomic E-state index is 5.16. The van der Waals surface area contributed by atoms with Crippen LogP contribution >= 0.6 is 0 Å². The van der Waals surface area contributed by atoms with Gasteiger partial charge in [0.15, 0.2) is 0 Å². The zero-order chi connectivity index (χ0) is 10.5. The zero-order valence-electron chi connectivity index (χ0n) is 8.17. The van der Waals surface area contributed by atoms with Gasteiger partial charge in [-0.2, -0.15) is 5.10 Å². The minimum Gasteiger partial charge on any atom is -0.323 e. The van der Waals surface area contributed by atoms with Crippen LogP contribution in [0.25, 0.3) is 11.1 Å². The summed E-state index contributed by atoms with van der Waals surface area (Å²) >= 11 is 0. The lowest BCUT2D eigenvalue weighted by Gasteiger charge is -2.04. The van der Waals surface area contributed by atoms with E-state index in [4.69, 9.17) is 5.84 Å². The lowest BCUT2D eigenvalue weighted by molar-refractivity contribution is 1.26. The van der Waals surface area contributed by atoms with Gasteiger partial charge in [-0.1, -0.05) is 24.3 Å². The third-order valence-electron chi connectivity index (χ3n) is 2.17. The van der Waals surface area contributed by atoms with Gasteiger partial charge in [0.25, 0.3) is 0 Å². The maximum Gasteiger partial charge on any atom is 0.0544 e. The number of rotatable bonds is 2. The Hall–Kier alpha value is -2.16. The molecule has 2 aromatic rings. The molecule has 0 unspecified atom stereocenters. The van der Waals surface area contributed by atoms with Gasteiger partial charge in [0.05, 0.1) is 6.21 Å². The molecule has 0 fully saturated rings. The minimum absolute atomic E-state index is 1.01. The van der Waals surface area contributed by atoms with Crippen LogP contribution in [-0.4, -0.2) is 11.2 Å². The Bertz CT molecular complexity index is 463. The van der Waals surface area contributed by atoms with Gasteiger partial charge in [-0.25, -0.2) is 0 Å². The Morgan fingerprint density at radius 3 is 2.53 bits per heavy atom. The second-order valence-corrected chi connectivity index (χ2v) is 3.10. The van der Waals surface area contributed by atoms with E-state index < -0.39 is 0 Å². The number of pyridine rings is 1. The van der Waals surface area contributed by atoms with Crippen LogP contribution in [0, 0.1) is 0 Å². The lowest BCUT2D eigenvalue weighted by atomic mass is 10.0. The topological polar surface area (TPSA) is 51.3 Å². The molecule has 0 bridgehead atoms. The van der Waals surface area contributed by atoms with E-state index in [1.54, 1.807) is 18.6 Å². The maximum atomic E-state index is 5.16. The Balaban J connectivity index is 2.53. The summed E-state index contributed by atoms with van der Waals surface area (Å²) < 4.78 is 0. The molecule has 2 rings (SSSR count). The van der Waals surface area contributed by atoms with Crippen molar-refractivity contribution in [2.24, 2.45) is 10.9 Å². The summed E-state index contributed by atoms with van der Waals surface area (Å²) in [5.41, 5.74) is 3.22. The van der Waals surface area contributed by atoms with Crippen molar-refractivity contribution in [1.29, 1.82) is 0 Å². The van der Waals surface area contributed by atoms with E-state index in [2.05, 4.69) is 10.1 Å². The molecular formula is C12H11N3. The standard InChI is InChI=1S/C12H11N3/c13-15-9-11-3-1-2-4-12(11)10-5-7-14-8-6-10/h1-9H,13H2/b15-9-. The van der Waals surface area contributed by atoms with E-state index in [0.717, 1.165) is 16.7 Å². The molecule has 1 aromatic heterocycles. The third kappa shape index (κ3) is 2.02. The van der Waals surface area contributed by atoms with E-state index in [-0.39, 0.29) is 0 Å². The number of hydrogen-bond donors (Lipinski definition) is 1. The van der Waals surface area contributed by atoms with Gasteiger partial charge in [0, 0.05) is 18.0 Å². The Morgan fingerprint density at radius 1 is 1.07 bits per heavy atom. The van der Waals surface area contributed by atoms with E-state index in [9.17, 15) is 0 Å². The summed E-state index contributed by atoms with van der Waals surface area (Å²) in [6, 6.07) is 11.9. The van der Waals surface area contributed by atoms with E-state index in [0.29, 0.717) is 0 Å². The fourth-order valence-electron chi connectivity index (χ4n) is 1.48. The summed E-state index contributed by atoms with van der Waals surface area (Å²) in [6.45, 7) is 0. The normalized spacial score (nSPS) is 10.7. The summed E-state index contributed by atoms with van der Waals surface area (Å²) in [7, 11) is 0. The molecule has 1 aromatic carbocycles. The second kappa shape index (κ2) is 4.37. The van der Waals surface area contributed by atoms with Crippen molar-refractivity contribution in [3.05, 3.63) is 54.4 Å². The van der Waals surface area contributed by atoms with Crippen LogP contribution in [0.2, 0.25) is 0 Å². The molecule has 0 spiro atoms. The Labute approximate surface area is 88.3 Å². The average Bonchev–Trinajstić information content (AvgIpc) is 2.31. The summed E-state index contributed by atoms with van der Waals surface area (Å²) in [6.07, 6.45) is 5.19. The molecule has 0 aliphatic rings. The predicted octanol–water partition coefficient (Wildman–Crippen LogP) is 2.04. The molecule has 0 aliphatic carbocycles. The van der Waals surface area contributed by atoms with Gasteiger partial charge in [-0.3, -0.25) is 4.98 Å². The molecule has 0 aliphatic heterocycles. The second-order valence-electron chi connectivity index (χ2n) is 3.10. The molecule has 0 amide bonds. The first-order valence-electron chi connectivity index (χ1n) is 4.64. The van der Waals surface area contributed by atoms with Crippen LogP contribution in [-0.2, 0) is 0 Å². The van der Waals surface area contributed by atoms with Crippen molar-refractivity contribution in [2.45, 2.75) is 0 Å². The van der Waals surface area contributed by atoms with Crippen LogP contribution in [0.5, 0.6) is 0 Å².